The van der Waals surface area contributed by atoms with Gasteiger partial charge in [0.15, 0.2) is 0 Å². The molecule has 2 nitrogen and oxygen atoms in total. The van der Waals surface area contributed by atoms with Gasteiger partial charge in [0.2, 0.25) is 0 Å². The minimum atomic E-state index is -0.527. The summed E-state index contributed by atoms with van der Waals surface area (Å²) in [5, 5.41) is 2.49. The lowest BCUT2D eigenvalue weighted by molar-refractivity contribution is 0.488. The molecule has 9 aromatic rings. The summed E-state index contributed by atoms with van der Waals surface area (Å²) in [5.41, 5.74) is 18.1. The Morgan fingerprint density at radius 3 is 1.71 bits per heavy atom. The second kappa shape index (κ2) is 14.4. The monoisotopic (exact) mass is 791 g/mol. The molecule has 0 bridgehead atoms. The molecule has 62 heavy (non-hydrogen) atoms. The third kappa shape index (κ3) is 5.57. The normalized spacial score (nSPS) is 16.5. The van der Waals surface area contributed by atoms with Crippen LogP contribution in [0.2, 0.25) is 0 Å². The first-order chi connectivity index (χ1) is 30.7. The van der Waals surface area contributed by atoms with E-state index >= 15 is 0 Å². The molecule has 1 heterocycles. The number of para-hydroxylation sites is 3. The molecule has 12 rings (SSSR count). The van der Waals surface area contributed by atoms with Crippen molar-refractivity contribution in [2.45, 2.75) is 11.8 Å². The SMILES string of the molecule is C=C1/C=C\C=C/CC2(c3cc(N(c4ccccc4)c4ccc5c(c4)-c4ccccc4Oc4ccccc4-5)ccc3-c3ccccc31)c1ccccc1-c1cc3ccccc3cc12. The number of allylic oxidation sites excluding steroid dienone is 5. The second-order valence-corrected chi connectivity index (χ2v) is 16.5. The number of benzene rings is 9. The Bertz CT molecular complexity index is 3330. The summed E-state index contributed by atoms with van der Waals surface area (Å²) in [6.45, 7) is 4.59. The van der Waals surface area contributed by atoms with Gasteiger partial charge in [-0.1, -0.05) is 170 Å². The molecule has 1 aliphatic heterocycles. The van der Waals surface area contributed by atoms with Crippen molar-refractivity contribution in [1.29, 1.82) is 0 Å². The molecule has 3 aliphatic rings. The van der Waals surface area contributed by atoms with Crippen molar-refractivity contribution in [2.24, 2.45) is 0 Å². The Morgan fingerprint density at radius 1 is 0.387 bits per heavy atom. The largest absolute Gasteiger partial charge is 0.456 e. The lowest BCUT2D eigenvalue weighted by Crippen LogP contribution is -2.28. The van der Waals surface area contributed by atoms with E-state index in [4.69, 9.17) is 4.74 Å². The minimum Gasteiger partial charge on any atom is -0.456 e. The van der Waals surface area contributed by atoms with Crippen molar-refractivity contribution in [1.82, 2.24) is 0 Å². The van der Waals surface area contributed by atoms with E-state index in [0.717, 1.165) is 68.4 Å². The predicted octanol–water partition coefficient (Wildman–Crippen LogP) is 16.3. The van der Waals surface area contributed by atoms with E-state index in [2.05, 4.69) is 224 Å². The fourth-order valence-corrected chi connectivity index (χ4v) is 10.3. The Labute approximate surface area is 362 Å². The molecule has 2 aliphatic carbocycles. The first-order valence-corrected chi connectivity index (χ1v) is 21.4. The van der Waals surface area contributed by atoms with Gasteiger partial charge in [-0.15, -0.1) is 0 Å². The molecule has 0 amide bonds. The van der Waals surface area contributed by atoms with E-state index in [9.17, 15) is 0 Å². The van der Waals surface area contributed by atoms with Crippen molar-refractivity contribution >= 4 is 33.4 Å². The lowest BCUT2D eigenvalue weighted by atomic mass is 9.67. The standard InChI is InChI=1S/C60H41NO/c1-40-18-4-3-17-35-60(55-28-14-11-25-49(55)54-36-41-19-7-8-20-42(41)37-56(54)60)57-39-45(32-34-50(57)47-24-10-9-23-46(40)47)61(43-21-5-2-6-22-43)44-31-33-48-51-26-12-15-29-58(51)62-59-30-16-13-27-52(59)53(48)38-44/h2-34,36-39H,1,35H2/b17-3-,18-4-. The number of ether oxygens (including phenoxy) is 1. The van der Waals surface area contributed by atoms with Crippen LogP contribution in [-0.4, -0.2) is 0 Å². The van der Waals surface area contributed by atoms with Gasteiger partial charge in [0, 0.05) is 28.2 Å². The van der Waals surface area contributed by atoms with Crippen LogP contribution in [0, 0.1) is 0 Å². The molecule has 0 radical (unpaired) electrons. The van der Waals surface area contributed by atoms with Crippen LogP contribution in [0.5, 0.6) is 11.5 Å². The predicted molar refractivity (Wildman–Crippen MR) is 259 cm³/mol. The van der Waals surface area contributed by atoms with E-state index in [-0.39, 0.29) is 0 Å². The average Bonchev–Trinajstić information content (AvgIpc) is 3.49. The summed E-state index contributed by atoms with van der Waals surface area (Å²) >= 11 is 0. The van der Waals surface area contributed by atoms with Crippen LogP contribution >= 0.6 is 0 Å². The fourth-order valence-electron chi connectivity index (χ4n) is 10.3. The van der Waals surface area contributed by atoms with Crippen molar-refractivity contribution < 1.29 is 4.74 Å². The van der Waals surface area contributed by atoms with Gasteiger partial charge in [-0.05, 0) is 139 Å². The Kier molecular flexibility index (Phi) is 8.33. The number of hydrogen-bond donors (Lipinski definition) is 0. The van der Waals surface area contributed by atoms with E-state index in [1.54, 1.807) is 0 Å². The molecule has 1 spiro atoms. The van der Waals surface area contributed by atoms with Gasteiger partial charge in [0.25, 0.3) is 0 Å². The molecule has 292 valence electrons. The zero-order valence-electron chi connectivity index (χ0n) is 34.1. The summed E-state index contributed by atoms with van der Waals surface area (Å²) < 4.78 is 6.61. The maximum atomic E-state index is 6.61. The summed E-state index contributed by atoms with van der Waals surface area (Å²) in [5.74, 6) is 1.71. The Hall–Kier alpha value is -7.94. The Morgan fingerprint density at radius 2 is 0.935 bits per heavy atom. The smallest absolute Gasteiger partial charge is 0.135 e. The number of anilines is 3. The zero-order valence-corrected chi connectivity index (χ0v) is 34.1. The number of hydrogen-bond acceptors (Lipinski definition) is 2. The first kappa shape index (κ1) is 36.0. The van der Waals surface area contributed by atoms with Gasteiger partial charge in [-0.2, -0.15) is 0 Å². The highest BCUT2D eigenvalue weighted by atomic mass is 16.5. The topological polar surface area (TPSA) is 12.5 Å². The molecular weight excluding hydrogens is 751 g/mol. The van der Waals surface area contributed by atoms with Gasteiger partial charge in [-0.3, -0.25) is 0 Å². The number of nitrogens with zero attached hydrogens (tertiary/aromatic N) is 1. The van der Waals surface area contributed by atoms with Gasteiger partial charge in [-0.25, -0.2) is 0 Å². The van der Waals surface area contributed by atoms with Crippen LogP contribution in [0.25, 0.3) is 60.9 Å². The van der Waals surface area contributed by atoms with E-state index in [0.29, 0.717) is 0 Å². The van der Waals surface area contributed by atoms with Gasteiger partial charge in [0.05, 0.1) is 5.41 Å². The molecule has 2 heteroatoms. The van der Waals surface area contributed by atoms with E-state index in [1.807, 2.05) is 12.1 Å². The molecule has 1 unspecified atom stereocenters. The zero-order chi connectivity index (χ0) is 41.2. The fraction of sp³-hybridized carbons (Fsp3) is 0.0333. The summed E-state index contributed by atoms with van der Waals surface area (Å²) in [6.07, 6.45) is 9.62. The average molecular weight is 792 g/mol. The second-order valence-electron chi connectivity index (χ2n) is 16.5. The van der Waals surface area contributed by atoms with Crippen LogP contribution in [0.1, 0.15) is 28.7 Å². The Balaban J connectivity index is 1.17. The molecule has 0 saturated heterocycles. The van der Waals surface area contributed by atoms with Gasteiger partial charge >= 0.3 is 0 Å². The maximum absolute atomic E-state index is 6.61. The van der Waals surface area contributed by atoms with Gasteiger partial charge in [0.1, 0.15) is 11.5 Å². The molecule has 1 atom stereocenters. The van der Waals surface area contributed by atoms with Crippen LogP contribution in [0.4, 0.5) is 17.1 Å². The quantitative estimate of drug-likeness (QED) is 0.177. The summed E-state index contributed by atoms with van der Waals surface area (Å²) in [4.78, 5) is 2.42. The third-order valence-corrected chi connectivity index (χ3v) is 13.1. The van der Waals surface area contributed by atoms with Gasteiger partial charge < -0.3 is 9.64 Å². The van der Waals surface area contributed by atoms with Crippen LogP contribution in [-0.2, 0) is 5.41 Å². The molecule has 9 aromatic carbocycles. The van der Waals surface area contributed by atoms with Crippen molar-refractivity contribution in [2.75, 3.05) is 4.90 Å². The first-order valence-electron chi connectivity index (χ1n) is 21.4. The maximum Gasteiger partial charge on any atom is 0.135 e. The lowest BCUT2D eigenvalue weighted by Gasteiger charge is -2.36. The summed E-state index contributed by atoms with van der Waals surface area (Å²) in [7, 11) is 0. The van der Waals surface area contributed by atoms with Crippen LogP contribution in [0.3, 0.4) is 0 Å². The third-order valence-electron chi connectivity index (χ3n) is 13.1. The number of fused-ring (bicyclic) bond motifs is 15. The van der Waals surface area contributed by atoms with Crippen LogP contribution < -0.4 is 9.64 Å². The highest BCUT2D eigenvalue weighted by Gasteiger charge is 2.46. The van der Waals surface area contributed by atoms with Crippen molar-refractivity contribution in [3.8, 4) is 56.0 Å². The molecule has 0 aromatic heterocycles. The van der Waals surface area contributed by atoms with Crippen molar-refractivity contribution in [3.05, 3.63) is 253 Å². The molecule has 0 N–H and O–H groups in total. The van der Waals surface area contributed by atoms with Crippen molar-refractivity contribution in [3.63, 3.8) is 0 Å². The molecule has 0 saturated carbocycles. The highest BCUT2D eigenvalue weighted by molar-refractivity contribution is 5.98. The number of rotatable bonds is 3. The van der Waals surface area contributed by atoms with E-state index < -0.39 is 5.41 Å². The minimum absolute atomic E-state index is 0.527. The molecule has 0 fully saturated rings. The molecular formula is C60H41NO. The summed E-state index contributed by atoms with van der Waals surface area (Å²) in [6, 6.07) is 73.1. The van der Waals surface area contributed by atoms with E-state index in [1.165, 1.54) is 49.7 Å². The van der Waals surface area contributed by atoms with Crippen LogP contribution in [0.15, 0.2) is 231 Å². The highest BCUT2D eigenvalue weighted by Crippen LogP contribution is 2.59.